The number of carbonyl (C=O) groups is 1. The molecule has 19 heavy (non-hydrogen) atoms. The van der Waals surface area contributed by atoms with Gasteiger partial charge in [0.15, 0.2) is 0 Å². The maximum Gasteiger partial charge on any atom is 0.333 e. The predicted molar refractivity (Wildman–Crippen MR) is 64.5 cm³/mol. The summed E-state index contributed by atoms with van der Waals surface area (Å²) in [4.78, 5) is 15.6. The molecule has 2 rings (SSSR count). The summed E-state index contributed by atoms with van der Waals surface area (Å²) in [5.74, 6) is -0.613. The van der Waals surface area contributed by atoms with Gasteiger partial charge < -0.3 is 9.64 Å². The minimum atomic E-state index is -3.11. The molecule has 0 saturated carbocycles. The molecule has 0 atom stereocenters. The summed E-state index contributed by atoms with van der Waals surface area (Å²) < 4.78 is 31.9. The molecule has 4 nitrogen and oxygen atoms in total. The minimum Gasteiger partial charge on any atom is -0.456 e. The molecule has 0 saturated heterocycles. The number of cyclic esters (lactones) is 1. The summed E-state index contributed by atoms with van der Waals surface area (Å²) in [6.45, 7) is 0.527. The van der Waals surface area contributed by atoms with Crippen LogP contribution in [-0.2, 0) is 16.1 Å². The lowest BCUT2D eigenvalue weighted by Crippen LogP contribution is -2.38. The molecule has 2 heterocycles. The molecular formula is C12H11ClF2N2O2. The monoisotopic (exact) mass is 288 g/mol. The summed E-state index contributed by atoms with van der Waals surface area (Å²) in [6.07, 6.45) is 2.49. The minimum absolute atomic E-state index is 0.0872. The molecule has 0 spiro atoms. The molecule has 0 aromatic carbocycles. The summed E-state index contributed by atoms with van der Waals surface area (Å²) in [5, 5.41) is 0.289. The third-order valence-corrected chi connectivity index (χ3v) is 2.82. The van der Waals surface area contributed by atoms with Crippen molar-refractivity contribution in [1.29, 1.82) is 0 Å². The fourth-order valence-electron chi connectivity index (χ4n) is 1.70. The maximum atomic E-state index is 13.6. The standard InChI is InChI=1S/C12H11ClF2N2O2/c1-12(14,15)17(9-4-11(18)19-7-9)6-8-2-3-10(13)16-5-8/h2-5H,6-7H2,1H3. The molecule has 1 aromatic heterocycles. The van der Waals surface area contributed by atoms with Crippen LogP contribution in [0.3, 0.4) is 0 Å². The number of rotatable bonds is 4. The van der Waals surface area contributed by atoms with Gasteiger partial charge in [-0.1, -0.05) is 17.7 Å². The normalized spacial score (nSPS) is 15.2. The van der Waals surface area contributed by atoms with Crippen LogP contribution in [0.1, 0.15) is 12.5 Å². The van der Waals surface area contributed by atoms with Crippen LogP contribution < -0.4 is 0 Å². The Kier molecular flexibility index (Phi) is 3.71. The van der Waals surface area contributed by atoms with E-state index in [-0.39, 0.29) is 24.0 Å². The zero-order valence-corrected chi connectivity index (χ0v) is 10.8. The second-order valence-corrected chi connectivity index (χ2v) is 4.55. The maximum absolute atomic E-state index is 13.6. The quantitative estimate of drug-likeness (QED) is 0.485. The average Bonchev–Trinajstić information content (AvgIpc) is 2.73. The molecule has 0 aliphatic carbocycles. The van der Waals surface area contributed by atoms with Gasteiger partial charge in [-0.05, 0) is 11.6 Å². The number of pyridine rings is 1. The topological polar surface area (TPSA) is 42.4 Å². The number of esters is 1. The molecule has 0 unspecified atom stereocenters. The van der Waals surface area contributed by atoms with E-state index in [0.717, 1.165) is 17.9 Å². The van der Waals surface area contributed by atoms with E-state index in [4.69, 9.17) is 11.6 Å². The summed E-state index contributed by atoms with van der Waals surface area (Å²) >= 11 is 5.64. The van der Waals surface area contributed by atoms with Gasteiger partial charge >= 0.3 is 12.0 Å². The van der Waals surface area contributed by atoms with E-state index in [2.05, 4.69) is 9.72 Å². The van der Waals surface area contributed by atoms with Crippen molar-refractivity contribution in [3.63, 3.8) is 0 Å². The fourth-order valence-corrected chi connectivity index (χ4v) is 1.81. The highest BCUT2D eigenvalue weighted by Crippen LogP contribution is 2.28. The SMILES string of the molecule is CC(F)(F)N(Cc1ccc(Cl)nc1)C1=CC(=O)OC1. The van der Waals surface area contributed by atoms with Crippen molar-refractivity contribution in [1.82, 2.24) is 9.88 Å². The van der Waals surface area contributed by atoms with E-state index in [0.29, 0.717) is 5.56 Å². The predicted octanol–water partition coefficient (Wildman–Crippen LogP) is 2.59. The van der Waals surface area contributed by atoms with Crippen LogP contribution in [0, 0.1) is 0 Å². The van der Waals surface area contributed by atoms with Crippen molar-refractivity contribution in [3.05, 3.63) is 40.8 Å². The molecule has 1 aromatic rings. The highest BCUT2D eigenvalue weighted by Gasteiger charge is 2.35. The molecular weight excluding hydrogens is 278 g/mol. The summed E-state index contributed by atoms with van der Waals surface area (Å²) in [6, 6.07) is 0.0132. The van der Waals surface area contributed by atoms with Gasteiger partial charge in [-0.2, -0.15) is 8.78 Å². The molecule has 0 N–H and O–H groups in total. The Balaban J connectivity index is 2.22. The lowest BCUT2D eigenvalue weighted by atomic mass is 10.2. The first kappa shape index (κ1) is 13.7. The van der Waals surface area contributed by atoms with Crippen LogP contribution in [0.2, 0.25) is 5.15 Å². The van der Waals surface area contributed by atoms with Crippen LogP contribution in [0.15, 0.2) is 30.1 Å². The third-order valence-electron chi connectivity index (χ3n) is 2.60. The number of carbonyl (C=O) groups excluding carboxylic acids is 1. The molecule has 102 valence electrons. The lowest BCUT2D eigenvalue weighted by Gasteiger charge is -2.30. The van der Waals surface area contributed by atoms with Crippen LogP contribution in [0.5, 0.6) is 0 Å². The number of halogens is 3. The molecule has 1 aliphatic heterocycles. The van der Waals surface area contributed by atoms with Gasteiger partial charge in [0, 0.05) is 25.7 Å². The number of aromatic nitrogens is 1. The zero-order valence-electron chi connectivity index (χ0n) is 10.1. The van der Waals surface area contributed by atoms with Crippen molar-refractivity contribution in [2.75, 3.05) is 6.61 Å². The van der Waals surface area contributed by atoms with E-state index < -0.39 is 12.0 Å². The van der Waals surface area contributed by atoms with E-state index >= 15 is 0 Å². The molecule has 0 fully saturated rings. The van der Waals surface area contributed by atoms with Crippen molar-refractivity contribution in [3.8, 4) is 0 Å². The number of nitrogens with zero attached hydrogens (tertiary/aromatic N) is 2. The average molecular weight is 289 g/mol. The first-order valence-corrected chi connectivity index (χ1v) is 5.87. The Hall–Kier alpha value is -1.69. The fraction of sp³-hybridized carbons (Fsp3) is 0.333. The highest BCUT2D eigenvalue weighted by atomic mass is 35.5. The Labute approximate surface area is 113 Å². The van der Waals surface area contributed by atoms with Crippen LogP contribution in [-0.4, -0.2) is 28.5 Å². The Morgan fingerprint density at radius 1 is 1.53 bits per heavy atom. The van der Waals surface area contributed by atoms with Crippen LogP contribution in [0.4, 0.5) is 8.78 Å². The molecule has 0 bridgehead atoms. The third kappa shape index (κ3) is 3.41. The van der Waals surface area contributed by atoms with Crippen molar-refractivity contribution in [2.45, 2.75) is 19.5 Å². The van der Waals surface area contributed by atoms with Gasteiger partial charge in [-0.25, -0.2) is 9.78 Å². The van der Waals surface area contributed by atoms with Crippen LogP contribution >= 0.6 is 11.6 Å². The molecule has 0 radical (unpaired) electrons. The first-order chi connectivity index (χ1) is 8.86. The largest absolute Gasteiger partial charge is 0.456 e. The number of alkyl halides is 2. The number of hydrogen-bond acceptors (Lipinski definition) is 4. The van der Waals surface area contributed by atoms with E-state index in [1.165, 1.54) is 12.3 Å². The first-order valence-electron chi connectivity index (χ1n) is 5.49. The van der Waals surface area contributed by atoms with Gasteiger partial charge in [0.1, 0.15) is 11.8 Å². The molecule has 1 aliphatic rings. The summed E-state index contributed by atoms with van der Waals surface area (Å²) in [7, 11) is 0. The van der Waals surface area contributed by atoms with E-state index in [1.54, 1.807) is 6.07 Å². The molecule has 0 amide bonds. The smallest absolute Gasteiger partial charge is 0.333 e. The zero-order chi connectivity index (χ0) is 14.0. The Morgan fingerprint density at radius 3 is 2.74 bits per heavy atom. The van der Waals surface area contributed by atoms with E-state index in [1.807, 2.05) is 0 Å². The lowest BCUT2D eigenvalue weighted by molar-refractivity contribution is -0.137. The number of ether oxygens (including phenoxy) is 1. The van der Waals surface area contributed by atoms with Gasteiger partial charge in [0.2, 0.25) is 0 Å². The van der Waals surface area contributed by atoms with Gasteiger partial charge in [-0.3, -0.25) is 0 Å². The Morgan fingerprint density at radius 2 is 2.26 bits per heavy atom. The Bertz CT molecular complexity index is 511. The van der Waals surface area contributed by atoms with E-state index in [9.17, 15) is 13.6 Å². The summed E-state index contributed by atoms with van der Waals surface area (Å²) in [5.41, 5.74) is 0.707. The highest BCUT2D eigenvalue weighted by molar-refractivity contribution is 6.29. The van der Waals surface area contributed by atoms with Gasteiger partial charge in [0.05, 0.1) is 5.70 Å². The van der Waals surface area contributed by atoms with Gasteiger partial charge in [-0.15, -0.1) is 0 Å². The van der Waals surface area contributed by atoms with Crippen LogP contribution in [0.25, 0.3) is 0 Å². The second-order valence-electron chi connectivity index (χ2n) is 4.16. The van der Waals surface area contributed by atoms with Crippen molar-refractivity contribution >= 4 is 17.6 Å². The second kappa shape index (κ2) is 5.13. The number of hydrogen-bond donors (Lipinski definition) is 0. The molecule has 7 heteroatoms. The van der Waals surface area contributed by atoms with Gasteiger partial charge in [0.25, 0.3) is 0 Å². The van der Waals surface area contributed by atoms with Crippen molar-refractivity contribution in [2.24, 2.45) is 0 Å². The van der Waals surface area contributed by atoms with Crippen molar-refractivity contribution < 1.29 is 18.3 Å².